The first-order chi connectivity index (χ1) is 9.65. The van der Waals surface area contributed by atoms with Crippen LogP contribution < -0.4 is 10.1 Å². The molecule has 2 aliphatic rings. The van der Waals surface area contributed by atoms with E-state index in [1.165, 1.54) is 12.1 Å². The molecule has 1 saturated carbocycles. The molecule has 3 rings (SSSR count). The highest BCUT2D eigenvalue weighted by atomic mass is 19.1. The van der Waals surface area contributed by atoms with E-state index in [2.05, 4.69) is 5.32 Å². The van der Waals surface area contributed by atoms with Gasteiger partial charge in [-0.2, -0.15) is 0 Å². The molecule has 0 amide bonds. The fourth-order valence-electron chi connectivity index (χ4n) is 3.65. The number of benzene rings is 1. The molecule has 3 nitrogen and oxygen atoms in total. The van der Waals surface area contributed by atoms with Gasteiger partial charge in [-0.05, 0) is 32.4 Å². The van der Waals surface area contributed by atoms with E-state index in [9.17, 15) is 4.39 Å². The van der Waals surface area contributed by atoms with Gasteiger partial charge in [0.1, 0.15) is 17.2 Å². The minimum Gasteiger partial charge on any atom is -0.487 e. The van der Waals surface area contributed by atoms with Crippen LogP contribution in [0.4, 0.5) is 4.39 Å². The average Bonchev–Trinajstić information content (AvgIpc) is 2.46. The summed E-state index contributed by atoms with van der Waals surface area (Å²) >= 11 is 0. The second-order valence-corrected chi connectivity index (χ2v) is 5.97. The predicted octanol–water partition coefficient (Wildman–Crippen LogP) is 3.20. The first kappa shape index (κ1) is 13.8. The van der Waals surface area contributed by atoms with Crippen LogP contribution in [0, 0.1) is 5.82 Å². The van der Waals surface area contributed by atoms with Crippen molar-refractivity contribution in [2.75, 3.05) is 14.2 Å². The van der Waals surface area contributed by atoms with Crippen LogP contribution in [0.3, 0.4) is 0 Å². The lowest BCUT2D eigenvalue weighted by atomic mass is 9.76. The van der Waals surface area contributed by atoms with Crippen LogP contribution in [0.2, 0.25) is 0 Å². The zero-order valence-corrected chi connectivity index (χ0v) is 12.1. The van der Waals surface area contributed by atoms with Gasteiger partial charge in [0.05, 0.1) is 6.10 Å². The summed E-state index contributed by atoms with van der Waals surface area (Å²) in [7, 11) is 3.71. The summed E-state index contributed by atoms with van der Waals surface area (Å²) in [6, 6.07) is 5.06. The van der Waals surface area contributed by atoms with E-state index in [-0.39, 0.29) is 23.6 Å². The third kappa shape index (κ3) is 2.42. The molecule has 1 heterocycles. The molecule has 20 heavy (non-hydrogen) atoms. The Kier molecular flexibility index (Phi) is 3.69. The highest BCUT2D eigenvalue weighted by molar-refractivity contribution is 5.39. The summed E-state index contributed by atoms with van der Waals surface area (Å²) in [5, 5.41) is 3.34. The fraction of sp³-hybridized carbons (Fsp3) is 0.625. The first-order valence-electron chi connectivity index (χ1n) is 7.34. The second kappa shape index (κ2) is 5.34. The van der Waals surface area contributed by atoms with Crippen molar-refractivity contribution in [3.05, 3.63) is 29.6 Å². The average molecular weight is 279 g/mol. The topological polar surface area (TPSA) is 30.5 Å². The molecule has 1 aromatic carbocycles. The molecule has 0 saturated heterocycles. The summed E-state index contributed by atoms with van der Waals surface area (Å²) in [4.78, 5) is 0. The summed E-state index contributed by atoms with van der Waals surface area (Å²) in [5.74, 6) is 0.446. The Balaban J connectivity index is 1.93. The number of hydrogen-bond donors (Lipinski definition) is 1. The molecule has 3 atom stereocenters. The number of fused-ring (bicyclic) bond motifs is 1. The minimum atomic E-state index is -0.241. The molecule has 1 N–H and O–H groups in total. The lowest BCUT2D eigenvalue weighted by molar-refractivity contribution is -0.0599. The third-order valence-corrected chi connectivity index (χ3v) is 4.69. The molecular formula is C16H22FNO2. The number of hydrogen-bond acceptors (Lipinski definition) is 3. The van der Waals surface area contributed by atoms with Crippen molar-refractivity contribution in [2.45, 2.75) is 49.9 Å². The number of ether oxygens (including phenoxy) is 2. The van der Waals surface area contributed by atoms with Crippen molar-refractivity contribution in [3.8, 4) is 5.75 Å². The lowest BCUT2D eigenvalue weighted by Gasteiger charge is -2.46. The lowest BCUT2D eigenvalue weighted by Crippen LogP contribution is -2.48. The Morgan fingerprint density at radius 2 is 2.25 bits per heavy atom. The smallest absolute Gasteiger partial charge is 0.127 e. The molecule has 4 heteroatoms. The van der Waals surface area contributed by atoms with Gasteiger partial charge in [0, 0.05) is 37.6 Å². The van der Waals surface area contributed by atoms with Crippen LogP contribution in [-0.4, -0.2) is 25.9 Å². The van der Waals surface area contributed by atoms with E-state index in [1.54, 1.807) is 7.11 Å². The van der Waals surface area contributed by atoms with Gasteiger partial charge in [0.25, 0.3) is 0 Å². The van der Waals surface area contributed by atoms with Crippen LogP contribution in [0.25, 0.3) is 0 Å². The molecule has 1 fully saturated rings. The van der Waals surface area contributed by atoms with Crippen LogP contribution in [-0.2, 0) is 4.74 Å². The van der Waals surface area contributed by atoms with Gasteiger partial charge in [-0.3, -0.25) is 0 Å². The molecular weight excluding hydrogens is 257 g/mol. The van der Waals surface area contributed by atoms with E-state index in [0.717, 1.165) is 37.7 Å². The maximum absolute atomic E-state index is 13.5. The van der Waals surface area contributed by atoms with Crippen molar-refractivity contribution in [1.82, 2.24) is 5.32 Å². The molecule has 0 bridgehead atoms. The van der Waals surface area contributed by atoms with E-state index in [1.807, 2.05) is 13.1 Å². The Bertz CT molecular complexity index is 493. The molecule has 1 spiro atoms. The fourth-order valence-corrected chi connectivity index (χ4v) is 3.65. The van der Waals surface area contributed by atoms with Gasteiger partial charge < -0.3 is 14.8 Å². The quantitative estimate of drug-likeness (QED) is 0.902. The summed E-state index contributed by atoms with van der Waals surface area (Å²) in [6.07, 6.45) is 5.25. The van der Waals surface area contributed by atoms with Gasteiger partial charge in [0.15, 0.2) is 0 Å². The highest BCUT2D eigenvalue weighted by Crippen LogP contribution is 2.46. The van der Waals surface area contributed by atoms with Crippen LogP contribution in [0.15, 0.2) is 18.2 Å². The minimum absolute atomic E-state index is 0.215. The normalized spacial score (nSPS) is 32.8. The number of nitrogens with one attached hydrogen (secondary N) is 1. The Morgan fingerprint density at radius 1 is 1.40 bits per heavy atom. The molecule has 1 aromatic rings. The third-order valence-electron chi connectivity index (χ3n) is 4.69. The van der Waals surface area contributed by atoms with Crippen molar-refractivity contribution in [3.63, 3.8) is 0 Å². The molecule has 0 aromatic heterocycles. The van der Waals surface area contributed by atoms with E-state index in [0.29, 0.717) is 5.75 Å². The Hall–Kier alpha value is -1.13. The largest absolute Gasteiger partial charge is 0.487 e. The SMILES string of the molecule is CNC1CC2(CCCC(OC)C2)Oc2cc(F)ccc21. The molecule has 0 radical (unpaired) electrons. The van der Waals surface area contributed by atoms with Crippen molar-refractivity contribution in [1.29, 1.82) is 0 Å². The van der Waals surface area contributed by atoms with E-state index < -0.39 is 0 Å². The van der Waals surface area contributed by atoms with Crippen LogP contribution in [0.1, 0.15) is 43.7 Å². The molecule has 1 aliphatic carbocycles. The van der Waals surface area contributed by atoms with Crippen molar-refractivity contribution < 1.29 is 13.9 Å². The first-order valence-corrected chi connectivity index (χ1v) is 7.34. The zero-order valence-electron chi connectivity index (χ0n) is 12.1. The standard InChI is InChI=1S/C16H22FNO2/c1-18-14-10-16(7-3-4-12(9-16)19-2)20-15-8-11(17)5-6-13(14)15/h5-6,8,12,14,18H,3-4,7,9-10H2,1-2H3. The van der Waals surface area contributed by atoms with Crippen molar-refractivity contribution in [2.24, 2.45) is 0 Å². The zero-order chi connectivity index (χ0) is 14.2. The van der Waals surface area contributed by atoms with Gasteiger partial charge in [-0.25, -0.2) is 4.39 Å². The summed E-state index contributed by atoms with van der Waals surface area (Å²) < 4.78 is 25.3. The Morgan fingerprint density at radius 3 is 3.00 bits per heavy atom. The molecule has 3 unspecified atom stereocenters. The van der Waals surface area contributed by atoms with Crippen LogP contribution >= 0.6 is 0 Å². The predicted molar refractivity (Wildman–Crippen MR) is 75.4 cm³/mol. The maximum atomic E-state index is 13.5. The van der Waals surface area contributed by atoms with Gasteiger partial charge in [-0.15, -0.1) is 0 Å². The van der Waals surface area contributed by atoms with E-state index >= 15 is 0 Å². The van der Waals surface area contributed by atoms with E-state index in [4.69, 9.17) is 9.47 Å². The highest BCUT2D eigenvalue weighted by Gasteiger charge is 2.44. The monoisotopic (exact) mass is 279 g/mol. The molecule has 110 valence electrons. The van der Waals surface area contributed by atoms with Gasteiger partial charge >= 0.3 is 0 Å². The summed E-state index contributed by atoms with van der Waals surface area (Å²) in [5.41, 5.74) is 0.840. The number of methoxy groups -OCH3 is 1. The summed E-state index contributed by atoms with van der Waals surface area (Å²) in [6.45, 7) is 0. The second-order valence-electron chi connectivity index (χ2n) is 5.97. The van der Waals surface area contributed by atoms with Crippen molar-refractivity contribution >= 4 is 0 Å². The number of rotatable bonds is 2. The Labute approximate surface area is 119 Å². The van der Waals surface area contributed by atoms with Gasteiger partial charge in [0.2, 0.25) is 0 Å². The van der Waals surface area contributed by atoms with Crippen LogP contribution in [0.5, 0.6) is 5.75 Å². The molecule has 1 aliphatic heterocycles. The number of halogens is 1. The maximum Gasteiger partial charge on any atom is 0.127 e. The van der Waals surface area contributed by atoms with Gasteiger partial charge in [-0.1, -0.05) is 6.07 Å².